The van der Waals surface area contributed by atoms with E-state index in [1.165, 1.54) is 0 Å². The number of ether oxygens (including phenoxy) is 1. The maximum Gasteiger partial charge on any atom is 0.239 e. The van der Waals surface area contributed by atoms with Gasteiger partial charge in [-0.25, -0.2) is 0 Å². The molecule has 1 aromatic heterocycles. The summed E-state index contributed by atoms with van der Waals surface area (Å²) in [4.78, 5) is 11.2. The zero-order chi connectivity index (χ0) is 16.1. The second-order valence-corrected chi connectivity index (χ2v) is 5.08. The molecule has 0 saturated carbocycles. The van der Waals surface area contributed by atoms with E-state index in [0.717, 1.165) is 17.1 Å². The second kappa shape index (κ2) is 7.03. The zero-order valence-corrected chi connectivity index (χ0v) is 12.9. The standard InChI is InChI=1S/C18H14ClNO3/c19-12-18(21)20-14-5-9-16(10-6-14)23-15-7-3-13(4-8-15)17-2-1-11-22-17/h1-11H,12H2,(H,20,21). The number of carbonyl (C=O) groups is 1. The highest BCUT2D eigenvalue weighted by molar-refractivity contribution is 6.29. The van der Waals surface area contributed by atoms with Crippen LogP contribution >= 0.6 is 11.6 Å². The van der Waals surface area contributed by atoms with Crippen molar-refractivity contribution in [1.29, 1.82) is 0 Å². The number of benzene rings is 2. The van der Waals surface area contributed by atoms with Gasteiger partial charge in [0.2, 0.25) is 5.91 Å². The Morgan fingerprint density at radius 2 is 1.65 bits per heavy atom. The van der Waals surface area contributed by atoms with Crippen molar-refractivity contribution in [2.45, 2.75) is 0 Å². The van der Waals surface area contributed by atoms with Gasteiger partial charge in [-0.3, -0.25) is 4.79 Å². The smallest absolute Gasteiger partial charge is 0.239 e. The summed E-state index contributed by atoms with van der Waals surface area (Å²) in [6.45, 7) is 0. The fraction of sp³-hybridized carbons (Fsp3) is 0.0556. The van der Waals surface area contributed by atoms with Crippen LogP contribution in [-0.4, -0.2) is 11.8 Å². The molecule has 4 nitrogen and oxygen atoms in total. The van der Waals surface area contributed by atoms with Gasteiger partial charge >= 0.3 is 0 Å². The van der Waals surface area contributed by atoms with Crippen LogP contribution in [0.5, 0.6) is 11.5 Å². The summed E-state index contributed by atoms with van der Waals surface area (Å²) in [6.07, 6.45) is 1.64. The Labute approximate surface area is 138 Å². The van der Waals surface area contributed by atoms with Crippen molar-refractivity contribution in [3.05, 3.63) is 66.9 Å². The molecule has 1 N–H and O–H groups in total. The van der Waals surface area contributed by atoms with Gasteiger partial charge in [0, 0.05) is 11.3 Å². The number of alkyl halides is 1. The van der Waals surface area contributed by atoms with Crippen LogP contribution < -0.4 is 10.1 Å². The van der Waals surface area contributed by atoms with Crippen molar-refractivity contribution in [3.8, 4) is 22.8 Å². The van der Waals surface area contributed by atoms with E-state index in [0.29, 0.717) is 11.4 Å². The van der Waals surface area contributed by atoms with Crippen LogP contribution in [0.3, 0.4) is 0 Å². The first-order valence-corrected chi connectivity index (χ1v) is 7.56. The minimum absolute atomic E-state index is 0.0692. The minimum atomic E-state index is -0.242. The largest absolute Gasteiger partial charge is 0.464 e. The molecular formula is C18H14ClNO3. The lowest BCUT2D eigenvalue weighted by atomic mass is 10.2. The first kappa shape index (κ1) is 15.2. The van der Waals surface area contributed by atoms with Crippen molar-refractivity contribution < 1.29 is 13.9 Å². The number of carbonyl (C=O) groups excluding carboxylic acids is 1. The maximum atomic E-state index is 11.2. The van der Waals surface area contributed by atoms with Gasteiger partial charge in [0.05, 0.1) is 6.26 Å². The van der Waals surface area contributed by atoms with Gasteiger partial charge < -0.3 is 14.5 Å². The topological polar surface area (TPSA) is 51.5 Å². The van der Waals surface area contributed by atoms with Crippen LogP contribution in [0.2, 0.25) is 0 Å². The summed E-state index contributed by atoms with van der Waals surface area (Å²) >= 11 is 5.45. The molecule has 0 atom stereocenters. The molecule has 0 spiro atoms. The first-order valence-electron chi connectivity index (χ1n) is 7.02. The van der Waals surface area contributed by atoms with E-state index in [1.54, 1.807) is 30.5 Å². The average molecular weight is 328 g/mol. The van der Waals surface area contributed by atoms with Gasteiger partial charge in [0.1, 0.15) is 23.1 Å². The molecule has 116 valence electrons. The molecule has 0 aliphatic carbocycles. The summed E-state index contributed by atoms with van der Waals surface area (Å²) in [5, 5.41) is 2.67. The van der Waals surface area contributed by atoms with Gasteiger partial charge in [-0.05, 0) is 60.7 Å². The highest BCUT2D eigenvalue weighted by atomic mass is 35.5. The normalized spacial score (nSPS) is 10.3. The average Bonchev–Trinajstić information content (AvgIpc) is 3.12. The molecule has 5 heteroatoms. The number of hydrogen-bond donors (Lipinski definition) is 1. The van der Waals surface area contributed by atoms with E-state index in [2.05, 4.69) is 5.32 Å². The predicted octanol–water partition coefficient (Wildman–Crippen LogP) is 4.92. The fourth-order valence-corrected chi connectivity index (χ4v) is 2.13. The Bertz CT molecular complexity index is 765. The molecule has 0 saturated heterocycles. The van der Waals surface area contributed by atoms with E-state index in [4.69, 9.17) is 20.8 Å². The highest BCUT2D eigenvalue weighted by Crippen LogP contribution is 2.26. The lowest BCUT2D eigenvalue weighted by Crippen LogP contribution is -2.12. The molecule has 2 aromatic carbocycles. The molecule has 1 amide bonds. The lowest BCUT2D eigenvalue weighted by Gasteiger charge is -2.08. The van der Waals surface area contributed by atoms with Gasteiger partial charge in [0.15, 0.2) is 0 Å². The molecule has 0 radical (unpaired) electrons. The summed E-state index contributed by atoms with van der Waals surface area (Å²) in [5.74, 6) is 1.91. The van der Waals surface area contributed by atoms with Crippen molar-refractivity contribution in [1.82, 2.24) is 0 Å². The predicted molar refractivity (Wildman–Crippen MR) is 90.0 cm³/mol. The van der Waals surface area contributed by atoms with Crippen LogP contribution in [0.15, 0.2) is 71.3 Å². The molecule has 3 rings (SSSR count). The van der Waals surface area contributed by atoms with E-state index in [-0.39, 0.29) is 11.8 Å². The fourth-order valence-electron chi connectivity index (χ4n) is 2.07. The third kappa shape index (κ3) is 3.93. The van der Waals surface area contributed by atoms with Crippen molar-refractivity contribution in [2.75, 3.05) is 11.2 Å². The Kier molecular flexibility index (Phi) is 4.64. The van der Waals surface area contributed by atoms with Gasteiger partial charge in [-0.1, -0.05) is 0 Å². The van der Waals surface area contributed by atoms with E-state index in [1.807, 2.05) is 36.4 Å². The van der Waals surface area contributed by atoms with Crippen LogP contribution in [0.4, 0.5) is 5.69 Å². The van der Waals surface area contributed by atoms with Crippen LogP contribution in [0.1, 0.15) is 0 Å². The number of amides is 1. The molecule has 23 heavy (non-hydrogen) atoms. The number of furan rings is 1. The molecule has 3 aromatic rings. The van der Waals surface area contributed by atoms with Crippen LogP contribution in [-0.2, 0) is 4.79 Å². The van der Waals surface area contributed by atoms with Gasteiger partial charge in [-0.15, -0.1) is 11.6 Å². The lowest BCUT2D eigenvalue weighted by molar-refractivity contribution is -0.113. The SMILES string of the molecule is O=C(CCl)Nc1ccc(Oc2ccc(-c3ccco3)cc2)cc1. The Hall–Kier alpha value is -2.72. The van der Waals surface area contributed by atoms with E-state index < -0.39 is 0 Å². The summed E-state index contributed by atoms with van der Waals surface area (Å²) in [6, 6.07) is 18.5. The number of anilines is 1. The number of hydrogen-bond acceptors (Lipinski definition) is 3. The first-order chi connectivity index (χ1) is 11.2. The van der Waals surface area contributed by atoms with Crippen molar-refractivity contribution in [2.24, 2.45) is 0 Å². The molecular weight excluding hydrogens is 314 g/mol. The number of nitrogens with one attached hydrogen (secondary N) is 1. The molecule has 0 bridgehead atoms. The maximum absolute atomic E-state index is 11.2. The zero-order valence-electron chi connectivity index (χ0n) is 12.2. The molecule has 0 fully saturated rings. The Morgan fingerprint density at radius 3 is 2.22 bits per heavy atom. The molecule has 0 aliphatic heterocycles. The summed E-state index contributed by atoms with van der Waals surface area (Å²) in [5.41, 5.74) is 1.66. The number of halogens is 1. The van der Waals surface area contributed by atoms with Crippen molar-refractivity contribution in [3.63, 3.8) is 0 Å². The molecule has 1 heterocycles. The Balaban J connectivity index is 1.66. The van der Waals surface area contributed by atoms with Crippen LogP contribution in [0, 0.1) is 0 Å². The second-order valence-electron chi connectivity index (χ2n) is 4.81. The third-order valence-electron chi connectivity index (χ3n) is 3.16. The quantitative estimate of drug-likeness (QED) is 0.677. The van der Waals surface area contributed by atoms with E-state index >= 15 is 0 Å². The monoisotopic (exact) mass is 327 g/mol. The highest BCUT2D eigenvalue weighted by Gasteiger charge is 2.03. The van der Waals surface area contributed by atoms with E-state index in [9.17, 15) is 4.79 Å². The van der Waals surface area contributed by atoms with Crippen molar-refractivity contribution >= 4 is 23.2 Å². The minimum Gasteiger partial charge on any atom is -0.464 e. The van der Waals surface area contributed by atoms with Gasteiger partial charge in [-0.2, -0.15) is 0 Å². The Morgan fingerprint density at radius 1 is 1.00 bits per heavy atom. The third-order valence-corrected chi connectivity index (χ3v) is 3.40. The molecule has 0 aliphatic rings. The van der Waals surface area contributed by atoms with Gasteiger partial charge in [0.25, 0.3) is 0 Å². The summed E-state index contributed by atoms with van der Waals surface area (Å²) in [7, 11) is 0. The van der Waals surface area contributed by atoms with Crippen LogP contribution in [0.25, 0.3) is 11.3 Å². The summed E-state index contributed by atoms with van der Waals surface area (Å²) < 4.78 is 11.1. The molecule has 0 unspecified atom stereocenters. The number of rotatable bonds is 5.